The van der Waals surface area contributed by atoms with Gasteiger partial charge in [0.25, 0.3) is 0 Å². The third-order valence-electron chi connectivity index (χ3n) is 1.24. The van der Waals surface area contributed by atoms with Gasteiger partial charge in [-0.1, -0.05) is 6.20 Å². The first kappa shape index (κ1) is 7.90. The Hall–Kier alpha value is -0.206. The average molecular weight is 206 g/mol. The summed E-state index contributed by atoms with van der Waals surface area (Å²) in [4.78, 5) is 4.05. The SMILES string of the molecule is [Y].[c-]1ccn2ccnc2c1. The molecule has 0 amide bonds. The van der Waals surface area contributed by atoms with E-state index < -0.39 is 0 Å². The predicted octanol–water partition coefficient (Wildman–Crippen LogP) is 1.13. The fraction of sp³-hybridized carbons (Fsp3) is 0. The Balaban J connectivity index is 0.000000500. The summed E-state index contributed by atoms with van der Waals surface area (Å²) in [7, 11) is 0. The number of aromatic nitrogens is 2. The van der Waals surface area contributed by atoms with Gasteiger partial charge in [0.2, 0.25) is 0 Å². The van der Waals surface area contributed by atoms with E-state index in [1.165, 1.54) is 0 Å². The van der Waals surface area contributed by atoms with Crippen molar-refractivity contribution in [1.29, 1.82) is 0 Å². The molecule has 0 N–H and O–H groups in total. The molecule has 0 unspecified atom stereocenters. The van der Waals surface area contributed by atoms with Crippen LogP contribution in [-0.2, 0) is 32.7 Å². The Morgan fingerprint density at radius 1 is 1.40 bits per heavy atom. The fourth-order valence-corrected chi connectivity index (χ4v) is 0.808. The van der Waals surface area contributed by atoms with Crippen molar-refractivity contribution < 1.29 is 32.7 Å². The van der Waals surface area contributed by atoms with Gasteiger partial charge >= 0.3 is 0 Å². The number of hydrogen-bond donors (Lipinski definition) is 0. The maximum Gasteiger partial charge on any atom is 0.0288 e. The first-order chi connectivity index (χ1) is 4.47. The van der Waals surface area contributed by atoms with Crippen LogP contribution >= 0.6 is 0 Å². The van der Waals surface area contributed by atoms with Crippen molar-refractivity contribution in [2.24, 2.45) is 0 Å². The van der Waals surface area contributed by atoms with Gasteiger partial charge in [-0.25, -0.2) is 0 Å². The molecule has 2 aromatic heterocycles. The van der Waals surface area contributed by atoms with Crippen LogP contribution in [0.3, 0.4) is 0 Å². The number of imidazole rings is 1. The van der Waals surface area contributed by atoms with Crippen molar-refractivity contribution in [2.45, 2.75) is 0 Å². The number of rotatable bonds is 0. The standard InChI is InChI=1S/C7H5N2.Y/c1-2-5-9-6-4-8-7(9)3-1;/h2-6H;/q-1;. The van der Waals surface area contributed by atoms with Gasteiger partial charge in [-0.2, -0.15) is 12.1 Å². The minimum absolute atomic E-state index is 0. The molecule has 10 heavy (non-hydrogen) atoms. The van der Waals surface area contributed by atoms with Gasteiger partial charge < -0.3 is 9.38 Å². The zero-order valence-corrected chi connectivity index (χ0v) is 8.20. The largest absolute Gasteiger partial charge is 0.414 e. The molecule has 0 aliphatic carbocycles. The summed E-state index contributed by atoms with van der Waals surface area (Å²) in [5, 5.41) is 0. The van der Waals surface area contributed by atoms with Gasteiger partial charge in [-0.3, -0.25) is 0 Å². The first-order valence-corrected chi connectivity index (χ1v) is 2.75. The van der Waals surface area contributed by atoms with Crippen molar-refractivity contribution in [3.8, 4) is 0 Å². The molecule has 2 rings (SSSR count). The van der Waals surface area contributed by atoms with Gasteiger partial charge in [0.1, 0.15) is 0 Å². The molecule has 0 atom stereocenters. The van der Waals surface area contributed by atoms with Crippen LogP contribution in [-0.4, -0.2) is 9.38 Å². The summed E-state index contributed by atoms with van der Waals surface area (Å²) < 4.78 is 1.94. The second kappa shape index (κ2) is 3.26. The van der Waals surface area contributed by atoms with Gasteiger partial charge in [-0.15, -0.1) is 6.07 Å². The molecular weight excluding hydrogens is 201 g/mol. The number of pyridine rings is 1. The van der Waals surface area contributed by atoms with E-state index in [0.717, 1.165) is 5.65 Å². The summed E-state index contributed by atoms with van der Waals surface area (Å²) in [5.74, 6) is 0. The van der Waals surface area contributed by atoms with Crippen LogP contribution in [0, 0.1) is 6.07 Å². The summed E-state index contributed by atoms with van der Waals surface area (Å²) in [5.41, 5.74) is 0.942. The smallest absolute Gasteiger partial charge is 0.0288 e. The molecule has 0 bridgehead atoms. The summed E-state index contributed by atoms with van der Waals surface area (Å²) in [6, 6.07) is 6.64. The van der Waals surface area contributed by atoms with Crippen molar-refractivity contribution in [3.05, 3.63) is 36.8 Å². The summed E-state index contributed by atoms with van der Waals surface area (Å²) in [6.45, 7) is 0. The van der Waals surface area contributed by atoms with Crippen LogP contribution in [0.1, 0.15) is 0 Å². The fourth-order valence-electron chi connectivity index (χ4n) is 0.808. The molecule has 47 valence electrons. The molecule has 3 heteroatoms. The van der Waals surface area contributed by atoms with E-state index in [1.54, 1.807) is 6.20 Å². The molecule has 0 saturated heterocycles. The molecular formula is C7H5N2Y-. The van der Waals surface area contributed by atoms with Gasteiger partial charge in [0.05, 0.1) is 0 Å². The molecule has 0 aliphatic rings. The Morgan fingerprint density at radius 2 is 2.30 bits per heavy atom. The maximum absolute atomic E-state index is 4.05. The molecule has 0 aliphatic heterocycles. The molecule has 1 radical (unpaired) electrons. The third-order valence-corrected chi connectivity index (χ3v) is 1.24. The summed E-state index contributed by atoms with van der Waals surface area (Å²) in [6.07, 6.45) is 5.59. The predicted molar refractivity (Wildman–Crippen MR) is 34.0 cm³/mol. The van der Waals surface area contributed by atoms with E-state index in [9.17, 15) is 0 Å². The van der Waals surface area contributed by atoms with Crippen LogP contribution < -0.4 is 0 Å². The van der Waals surface area contributed by atoms with E-state index in [2.05, 4.69) is 11.1 Å². The second-order valence-corrected chi connectivity index (χ2v) is 1.82. The van der Waals surface area contributed by atoms with Crippen molar-refractivity contribution in [1.82, 2.24) is 9.38 Å². The van der Waals surface area contributed by atoms with Crippen molar-refractivity contribution in [3.63, 3.8) is 0 Å². The Labute approximate surface area is 84.2 Å². The van der Waals surface area contributed by atoms with Gasteiger partial charge in [0, 0.05) is 50.8 Å². The monoisotopic (exact) mass is 206 g/mol. The molecule has 0 spiro atoms. The summed E-state index contributed by atoms with van der Waals surface area (Å²) >= 11 is 0. The molecule has 0 fully saturated rings. The van der Waals surface area contributed by atoms with Crippen LogP contribution in [0.15, 0.2) is 30.7 Å². The van der Waals surface area contributed by atoms with E-state index in [-0.39, 0.29) is 32.7 Å². The van der Waals surface area contributed by atoms with Crippen LogP contribution in [0.2, 0.25) is 0 Å². The average Bonchev–Trinajstić information content (AvgIpc) is 2.33. The molecule has 0 saturated carbocycles. The number of nitrogens with zero attached hydrogens (tertiary/aromatic N) is 2. The van der Waals surface area contributed by atoms with Crippen LogP contribution in [0.25, 0.3) is 5.65 Å². The molecule has 2 heterocycles. The second-order valence-electron chi connectivity index (χ2n) is 1.82. The zero-order valence-electron chi connectivity index (χ0n) is 5.36. The normalized spacial score (nSPS) is 9.20. The van der Waals surface area contributed by atoms with Gasteiger partial charge in [-0.05, 0) is 0 Å². The third kappa shape index (κ3) is 1.28. The Kier molecular flexibility index (Phi) is 2.58. The van der Waals surface area contributed by atoms with E-state index in [0.29, 0.717) is 0 Å². The number of hydrogen-bond acceptors (Lipinski definition) is 1. The maximum atomic E-state index is 4.05. The molecule has 0 aromatic carbocycles. The molecule has 2 nitrogen and oxygen atoms in total. The van der Waals surface area contributed by atoms with Crippen LogP contribution in [0.4, 0.5) is 0 Å². The Morgan fingerprint density at radius 3 is 3.10 bits per heavy atom. The molecule has 2 aromatic rings. The topological polar surface area (TPSA) is 17.3 Å². The minimum Gasteiger partial charge on any atom is -0.414 e. The van der Waals surface area contributed by atoms with E-state index >= 15 is 0 Å². The van der Waals surface area contributed by atoms with Crippen LogP contribution in [0.5, 0.6) is 0 Å². The quantitative estimate of drug-likeness (QED) is 0.590. The van der Waals surface area contributed by atoms with E-state index in [1.807, 2.05) is 28.9 Å². The van der Waals surface area contributed by atoms with E-state index in [4.69, 9.17) is 0 Å². The number of fused-ring (bicyclic) bond motifs is 1. The minimum atomic E-state index is 0. The Bertz CT molecular complexity index is 286. The van der Waals surface area contributed by atoms with Crippen molar-refractivity contribution >= 4 is 5.65 Å². The zero-order chi connectivity index (χ0) is 6.10. The first-order valence-electron chi connectivity index (χ1n) is 2.75. The van der Waals surface area contributed by atoms with Crippen molar-refractivity contribution in [2.75, 3.05) is 0 Å². The van der Waals surface area contributed by atoms with Gasteiger partial charge in [0.15, 0.2) is 0 Å².